The van der Waals surface area contributed by atoms with E-state index in [1.54, 1.807) is 9.80 Å². The number of likely N-dealkylation sites (tertiary alicyclic amines) is 1. The highest BCUT2D eigenvalue weighted by atomic mass is 16.2. The summed E-state index contributed by atoms with van der Waals surface area (Å²) in [6.07, 6.45) is 1.76. The highest BCUT2D eigenvalue weighted by Crippen LogP contribution is 2.28. The van der Waals surface area contributed by atoms with Crippen molar-refractivity contribution in [2.45, 2.75) is 38.8 Å². The summed E-state index contributed by atoms with van der Waals surface area (Å²) < 4.78 is 0. The topological polar surface area (TPSA) is 69.7 Å². The van der Waals surface area contributed by atoms with Crippen molar-refractivity contribution < 1.29 is 14.4 Å². The van der Waals surface area contributed by atoms with Crippen LogP contribution in [-0.4, -0.2) is 35.7 Å². The smallest absolute Gasteiger partial charge is 0.227 e. The van der Waals surface area contributed by atoms with E-state index in [9.17, 15) is 14.4 Å². The molecule has 1 N–H and O–H groups in total. The second-order valence-electron chi connectivity index (χ2n) is 8.07. The molecule has 3 amide bonds. The minimum Gasteiger partial charge on any atom is -0.352 e. The molecule has 6 heteroatoms. The van der Waals surface area contributed by atoms with Crippen LogP contribution in [0.1, 0.15) is 43.4 Å². The fourth-order valence-electron chi connectivity index (χ4n) is 4.24. The molecule has 4 rings (SSSR count). The van der Waals surface area contributed by atoms with Gasteiger partial charge in [-0.25, -0.2) is 0 Å². The van der Waals surface area contributed by atoms with Gasteiger partial charge in [-0.05, 0) is 36.6 Å². The summed E-state index contributed by atoms with van der Waals surface area (Å²) in [6, 6.07) is 17.6. The van der Waals surface area contributed by atoms with Crippen molar-refractivity contribution in [1.82, 2.24) is 10.2 Å². The van der Waals surface area contributed by atoms with Crippen LogP contribution in [0.25, 0.3) is 0 Å². The molecule has 0 unspecified atom stereocenters. The van der Waals surface area contributed by atoms with E-state index in [1.807, 2.05) is 61.5 Å². The number of amides is 3. The first-order valence-electron chi connectivity index (χ1n) is 10.5. The van der Waals surface area contributed by atoms with Gasteiger partial charge in [0.25, 0.3) is 0 Å². The monoisotopic (exact) mass is 405 g/mol. The van der Waals surface area contributed by atoms with Gasteiger partial charge in [-0.3, -0.25) is 14.4 Å². The van der Waals surface area contributed by atoms with Crippen LogP contribution in [-0.2, 0) is 20.9 Å². The molecule has 2 fully saturated rings. The number of rotatable bonds is 6. The lowest BCUT2D eigenvalue weighted by molar-refractivity contribution is -0.130. The van der Waals surface area contributed by atoms with E-state index in [-0.39, 0.29) is 36.1 Å². The molecule has 0 bridgehead atoms. The zero-order valence-electron chi connectivity index (χ0n) is 17.2. The Morgan fingerprint density at radius 2 is 1.80 bits per heavy atom. The largest absolute Gasteiger partial charge is 0.352 e. The molecule has 2 atom stereocenters. The maximum absolute atomic E-state index is 12.6. The molecule has 30 heavy (non-hydrogen) atoms. The Hall–Kier alpha value is -3.15. The SMILES string of the molecule is C[C@H](c1ccccc1)N1C[C@@H](C(=O)NCc2ccc(N3CCCC3=O)cc2)CC1=O. The normalized spacial score (nSPS) is 20.0. The zero-order chi connectivity index (χ0) is 21.1. The zero-order valence-corrected chi connectivity index (χ0v) is 17.2. The van der Waals surface area contributed by atoms with Gasteiger partial charge in [0, 0.05) is 38.2 Å². The van der Waals surface area contributed by atoms with Crippen LogP contribution in [0.2, 0.25) is 0 Å². The standard InChI is InChI=1S/C24H27N3O3/c1-17(19-6-3-2-4-7-19)27-16-20(14-23(27)29)24(30)25-15-18-9-11-21(12-10-18)26-13-5-8-22(26)28/h2-4,6-7,9-12,17,20H,5,8,13-16H2,1H3,(H,25,30)/t17-,20+/m1/s1. The first-order valence-corrected chi connectivity index (χ1v) is 10.5. The molecule has 2 aromatic rings. The quantitative estimate of drug-likeness (QED) is 0.803. The molecule has 6 nitrogen and oxygen atoms in total. The average Bonchev–Trinajstić information content (AvgIpc) is 3.38. The number of hydrogen-bond donors (Lipinski definition) is 1. The Morgan fingerprint density at radius 3 is 2.47 bits per heavy atom. The number of carbonyl (C=O) groups excluding carboxylic acids is 3. The Labute approximate surface area is 176 Å². The molecule has 2 heterocycles. The summed E-state index contributed by atoms with van der Waals surface area (Å²) >= 11 is 0. The van der Waals surface area contributed by atoms with Crippen molar-refractivity contribution in [2.75, 3.05) is 18.0 Å². The predicted molar refractivity (Wildman–Crippen MR) is 115 cm³/mol. The Kier molecular flexibility index (Phi) is 5.84. The molecule has 0 saturated carbocycles. The molecule has 156 valence electrons. The lowest BCUT2D eigenvalue weighted by Crippen LogP contribution is -2.33. The molecule has 2 saturated heterocycles. The molecule has 2 aliphatic rings. The maximum Gasteiger partial charge on any atom is 0.227 e. The molecule has 2 aromatic carbocycles. The number of hydrogen-bond acceptors (Lipinski definition) is 3. The predicted octanol–water partition coefficient (Wildman–Crippen LogP) is 3.04. The molecule has 2 aliphatic heterocycles. The van der Waals surface area contributed by atoms with E-state index in [0.29, 0.717) is 19.5 Å². The van der Waals surface area contributed by atoms with Gasteiger partial charge < -0.3 is 15.1 Å². The van der Waals surface area contributed by atoms with Crippen LogP contribution in [0.15, 0.2) is 54.6 Å². The summed E-state index contributed by atoms with van der Waals surface area (Å²) in [5, 5.41) is 2.96. The number of nitrogens with zero attached hydrogens (tertiary/aromatic N) is 2. The maximum atomic E-state index is 12.6. The van der Waals surface area contributed by atoms with E-state index in [2.05, 4.69) is 5.32 Å². The third-order valence-electron chi connectivity index (χ3n) is 6.07. The van der Waals surface area contributed by atoms with Crippen molar-refractivity contribution in [3.8, 4) is 0 Å². The molecule has 0 aliphatic carbocycles. The molecular formula is C24H27N3O3. The lowest BCUT2D eigenvalue weighted by Gasteiger charge is -2.25. The number of carbonyl (C=O) groups is 3. The second-order valence-corrected chi connectivity index (χ2v) is 8.07. The van der Waals surface area contributed by atoms with Gasteiger partial charge in [0.2, 0.25) is 17.7 Å². The van der Waals surface area contributed by atoms with Gasteiger partial charge in [0.05, 0.1) is 12.0 Å². The fourth-order valence-corrected chi connectivity index (χ4v) is 4.24. The molecule has 0 spiro atoms. The highest BCUT2D eigenvalue weighted by molar-refractivity contribution is 5.95. The van der Waals surface area contributed by atoms with Crippen LogP contribution in [0.4, 0.5) is 5.69 Å². The second kappa shape index (κ2) is 8.69. The van der Waals surface area contributed by atoms with Crippen molar-refractivity contribution in [3.05, 3.63) is 65.7 Å². The van der Waals surface area contributed by atoms with E-state index in [0.717, 1.165) is 29.8 Å². The first-order chi connectivity index (χ1) is 14.5. The van der Waals surface area contributed by atoms with Crippen LogP contribution in [0, 0.1) is 5.92 Å². The van der Waals surface area contributed by atoms with Crippen LogP contribution >= 0.6 is 0 Å². The lowest BCUT2D eigenvalue weighted by atomic mass is 10.1. The number of nitrogens with one attached hydrogen (secondary N) is 1. The highest BCUT2D eigenvalue weighted by Gasteiger charge is 2.36. The summed E-state index contributed by atoms with van der Waals surface area (Å²) in [4.78, 5) is 40.6. The average molecular weight is 405 g/mol. The van der Waals surface area contributed by atoms with E-state index in [4.69, 9.17) is 0 Å². The van der Waals surface area contributed by atoms with Crippen molar-refractivity contribution in [3.63, 3.8) is 0 Å². The van der Waals surface area contributed by atoms with Gasteiger partial charge in [0.1, 0.15) is 0 Å². The Bertz CT molecular complexity index is 926. The molecule has 0 aromatic heterocycles. The summed E-state index contributed by atoms with van der Waals surface area (Å²) in [5.74, 6) is -0.238. The summed E-state index contributed by atoms with van der Waals surface area (Å²) in [7, 11) is 0. The van der Waals surface area contributed by atoms with Gasteiger partial charge in [-0.1, -0.05) is 42.5 Å². The minimum atomic E-state index is -0.329. The number of anilines is 1. The van der Waals surface area contributed by atoms with Gasteiger partial charge in [-0.2, -0.15) is 0 Å². The minimum absolute atomic E-state index is 0.0196. The fraction of sp³-hybridized carbons (Fsp3) is 0.375. The van der Waals surface area contributed by atoms with Gasteiger partial charge >= 0.3 is 0 Å². The van der Waals surface area contributed by atoms with Crippen molar-refractivity contribution in [1.29, 1.82) is 0 Å². The van der Waals surface area contributed by atoms with E-state index < -0.39 is 0 Å². The van der Waals surface area contributed by atoms with Crippen LogP contribution < -0.4 is 10.2 Å². The summed E-state index contributed by atoms with van der Waals surface area (Å²) in [5.41, 5.74) is 2.94. The first kappa shape index (κ1) is 20.1. The van der Waals surface area contributed by atoms with Gasteiger partial charge in [-0.15, -0.1) is 0 Å². The Morgan fingerprint density at radius 1 is 1.07 bits per heavy atom. The Balaban J connectivity index is 1.31. The third kappa shape index (κ3) is 4.22. The molecular weight excluding hydrogens is 378 g/mol. The van der Waals surface area contributed by atoms with Crippen LogP contribution in [0.3, 0.4) is 0 Å². The summed E-state index contributed by atoms with van der Waals surface area (Å²) in [6.45, 7) is 3.62. The van der Waals surface area contributed by atoms with Crippen molar-refractivity contribution in [2.24, 2.45) is 5.92 Å². The van der Waals surface area contributed by atoms with Crippen LogP contribution in [0.5, 0.6) is 0 Å². The number of benzene rings is 2. The van der Waals surface area contributed by atoms with E-state index in [1.165, 1.54) is 0 Å². The van der Waals surface area contributed by atoms with Crippen molar-refractivity contribution >= 4 is 23.4 Å². The molecule has 0 radical (unpaired) electrons. The van der Waals surface area contributed by atoms with E-state index >= 15 is 0 Å². The third-order valence-corrected chi connectivity index (χ3v) is 6.07. The van der Waals surface area contributed by atoms with Gasteiger partial charge in [0.15, 0.2) is 0 Å².